The fourth-order valence-electron chi connectivity index (χ4n) is 1.30. The van der Waals surface area contributed by atoms with E-state index in [1.54, 1.807) is 12.1 Å². The van der Waals surface area contributed by atoms with Gasteiger partial charge in [-0.05, 0) is 16.1 Å². The van der Waals surface area contributed by atoms with E-state index < -0.39 is 10.1 Å². The molecule has 1 aromatic carbocycles. The largest absolute Gasteiger partial charge is 0.380 e. The summed E-state index contributed by atoms with van der Waals surface area (Å²) in [6.45, 7) is 6.31. The van der Waals surface area contributed by atoms with Crippen molar-refractivity contribution in [3.63, 3.8) is 0 Å². The smallest absolute Gasteiger partial charge is 0.325 e. The Bertz CT molecular complexity index is 540. The minimum Gasteiger partial charge on any atom is -0.380 e. The van der Waals surface area contributed by atoms with Crippen LogP contribution in [0.1, 0.15) is 31.9 Å². The summed E-state index contributed by atoms with van der Waals surface area (Å²) in [7, 11) is -3.63. The third-order valence-corrected chi connectivity index (χ3v) is 2.66. The maximum Gasteiger partial charge on any atom is 0.325 e. The van der Waals surface area contributed by atoms with Crippen LogP contribution in [0.2, 0.25) is 0 Å². The van der Waals surface area contributed by atoms with Gasteiger partial charge in [-0.15, -0.1) is 0 Å². The molecule has 0 amide bonds. The second-order valence-corrected chi connectivity index (χ2v) is 6.64. The maximum absolute atomic E-state index is 10.8. The van der Waals surface area contributed by atoms with E-state index in [1.165, 1.54) is 0 Å². The molecule has 0 saturated heterocycles. The van der Waals surface area contributed by atoms with Crippen molar-refractivity contribution >= 4 is 16.0 Å². The Morgan fingerprint density at radius 1 is 1.22 bits per heavy atom. The average molecular weight is 270 g/mol. The highest BCUT2D eigenvalue weighted by atomic mass is 32.2. The number of nitrogens with two attached hydrogens (primary N) is 1. The second kappa shape index (κ2) is 4.97. The Balaban J connectivity index is 2.92. The van der Waals surface area contributed by atoms with Crippen molar-refractivity contribution in [1.29, 1.82) is 0 Å². The van der Waals surface area contributed by atoms with Crippen molar-refractivity contribution in [2.45, 2.75) is 26.2 Å². The molecule has 18 heavy (non-hydrogen) atoms. The lowest BCUT2D eigenvalue weighted by atomic mass is 9.87. The number of benzene rings is 1. The average Bonchev–Trinajstić information content (AvgIpc) is 2.24. The molecule has 100 valence electrons. The van der Waals surface area contributed by atoms with E-state index in [0.29, 0.717) is 5.56 Å². The van der Waals surface area contributed by atoms with E-state index in [0.717, 1.165) is 11.8 Å². The van der Waals surface area contributed by atoms with Crippen LogP contribution >= 0.6 is 0 Å². The van der Waals surface area contributed by atoms with Crippen molar-refractivity contribution in [1.82, 2.24) is 0 Å². The highest BCUT2D eigenvalue weighted by molar-refractivity contribution is 7.85. The Kier molecular flexibility index (Phi) is 4.01. The molecule has 1 rings (SSSR count). The van der Waals surface area contributed by atoms with Gasteiger partial charge in [-0.3, -0.25) is 4.28 Å². The summed E-state index contributed by atoms with van der Waals surface area (Å²) in [4.78, 5) is 0. The number of amidine groups is 1. The standard InChI is InChI=1S/C12H18N2O3S/c1-12(2,3)10-7-5-9(6-8-10)11(13)14-17-18(4,15)16/h5-8H,1-4H3,(H2,13,14). The quantitative estimate of drug-likeness (QED) is 0.513. The molecule has 0 radical (unpaired) electrons. The van der Waals surface area contributed by atoms with Gasteiger partial charge < -0.3 is 5.73 Å². The highest BCUT2D eigenvalue weighted by Crippen LogP contribution is 2.22. The monoisotopic (exact) mass is 270 g/mol. The van der Waals surface area contributed by atoms with Gasteiger partial charge in [0, 0.05) is 5.56 Å². The van der Waals surface area contributed by atoms with Crippen LogP contribution in [-0.4, -0.2) is 20.5 Å². The molecule has 2 N–H and O–H groups in total. The van der Waals surface area contributed by atoms with Gasteiger partial charge in [0.1, 0.15) is 0 Å². The van der Waals surface area contributed by atoms with Crippen LogP contribution in [0, 0.1) is 0 Å². The summed E-state index contributed by atoms with van der Waals surface area (Å²) in [5.74, 6) is 0.0286. The predicted molar refractivity (Wildman–Crippen MR) is 71.8 cm³/mol. The van der Waals surface area contributed by atoms with Gasteiger partial charge in [0.15, 0.2) is 5.84 Å². The summed E-state index contributed by atoms with van der Waals surface area (Å²) in [5, 5.41) is 3.36. The summed E-state index contributed by atoms with van der Waals surface area (Å²) < 4.78 is 25.8. The molecule has 0 saturated carbocycles. The highest BCUT2D eigenvalue weighted by Gasteiger charge is 2.13. The fourth-order valence-corrected chi connectivity index (χ4v) is 1.52. The Morgan fingerprint density at radius 3 is 2.11 bits per heavy atom. The van der Waals surface area contributed by atoms with Gasteiger partial charge in [0.2, 0.25) is 0 Å². The predicted octanol–water partition coefficient (Wildman–Crippen LogP) is 1.58. The number of nitrogens with zero attached hydrogens (tertiary/aromatic N) is 1. The zero-order chi connectivity index (χ0) is 14.0. The molecule has 0 bridgehead atoms. The molecule has 0 aliphatic carbocycles. The lowest BCUT2D eigenvalue weighted by molar-refractivity contribution is 0.342. The van der Waals surface area contributed by atoms with Gasteiger partial charge in [-0.2, -0.15) is 8.42 Å². The van der Waals surface area contributed by atoms with Gasteiger partial charge in [0.05, 0.1) is 6.26 Å². The Hall–Kier alpha value is -1.56. The number of oxime groups is 1. The zero-order valence-electron chi connectivity index (χ0n) is 11.0. The lowest BCUT2D eigenvalue weighted by Gasteiger charge is -2.18. The van der Waals surface area contributed by atoms with Crippen molar-refractivity contribution in [3.8, 4) is 0 Å². The summed E-state index contributed by atoms with van der Waals surface area (Å²) in [6, 6.07) is 7.42. The van der Waals surface area contributed by atoms with Crippen molar-refractivity contribution in [2.24, 2.45) is 10.9 Å². The minimum atomic E-state index is -3.63. The van der Waals surface area contributed by atoms with E-state index in [-0.39, 0.29) is 11.3 Å². The molecule has 0 heterocycles. The van der Waals surface area contributed by atoms with Crippen molar-refractivity contribution in [2.75, 3.05) is 6.26 Å². The molecule has 0 spiro atoms. The first-order valence-corrected chi connectivity index (χ1v) is 7.24. The molecule has 0 unspecified atom stereocenters. The first-order valence-electron chi connectivity index (χ1n) is 5.42. The lowest BCUT2D eigenvalue weighted by Crippen LogP contribution is -2.16. The molecule has 0 aromatic heterocycles. The van der Waals surface area contributed by atoms with Crippen molar-refractivity contribution in [3.05, 3.63) is 35.4 Å². The minimum absolute atomic E-state index is 0.0286. The molecule has 0 fully saturated rings. The third-order valence-electron chi connectivity index (χ3n) is 2.32. The SMILES string of the molecule is CC(C)(C)c1ccc(/C(N)=N/OS(C)(=O)=O)cc1. The Labute approximate surface area is 108 Å². The molecular weight excluding hydrogens is 252 g/mol. The number of hydrogen-bond acceptors (Lipinski definition) is 4. The van der Waals surface area contributed by atoms with Crippen molar-refractivity contribution < 1.29 is 12.7 Å². The van der Waals surface area contributed by atoms with Gasteiger partial charge in [0.25, 0.3) is 0 Å². The van der Waals surface area contributed by atoms with Gasteiger partial charge >= 0.3 is 10.1 Å². The first kappa shape index (κ1) is 14.5. The van der Waals surface area contributed by atoms with Crippen LogP contribution in [0.5, 0.6) is 0 Å². The fraction of sp³-hybridized carbons (Fsp3) is 0.417. The normalized spacial score (nSPS) is 13.4. The molecular formula is C12H18N2O3S. The maximum atomic E-state index is 10.8. The van der Waals surface area contributed by atoms with Crippen LogP contribution in [-0.2, 0) is 19.8 Å². The molecule has 5 nitrogen and oxygen atoms in total. The zero-order valence-corrected chi connectivity index (χ0v) is 11.8. The summed E-state index contributed by atoms with van der Waals surface area (Å²) >= 11 is 0. The topological polar surface area (TPSA) is 81.8 Å². The van der Waals surface area contributed by atoms with Crippen LogP contribution in [0.3, 0.4) is 0 Å². The van der Waals surface area contributed by atoms with Crippen LogP contribution in [0.15, 0.2) is 29.4 Å². The molecule has 0 aliphatic rings. The van der Waals surface area contributed by atoms with E-state index in [9.17, 15) is 8.42 Å². The van der Waals surface area contributed by atoms with Crippen LogP contribution < -0.4 is 5.73 Å². The Morgan fingerprint density at radius 2 is 1.72 bits per heavy atom. The summed E-state index contributed by atoms with van der Waals surface area (Å²) in [5.41, 5.74) is 7.44. The van der Waals surface area contributed by atoms with Gasteiger partial charge in [-0.25, -0.2) is 0 Å². The van der Waals surface area contributed by atoms with Crippen LogP contribution in [0.4, 0.5) is 0 Å². The number of hydrogen-bond donors (Lipinski definition) is 1. The molecule has 6 heteroatoms. The van der Waals surface area contributed by atoms with Gasteiger partial charge in [-0.1, -0.05) is 45.0 Å². The second-order valence-electron chi connectivity index (χ2n) is 5.08. The molecule has 0 aliphatic heterocycles. The van der Waals surface area contributed by atoms with E-state index in [1.807, 2.05) is 12.1 Å². The van der Waals surface area contributed by atoms with E-state index >= 15 is 0 Å². The van der Waals surface area contributed by atoms with Crippen LogP contribution in [0.25, 0.3) is 0 Å². The van der Waals surface area contributed by atoms with E-state index in [2.05, 4.69) is 30.2 Å². The molecule has 1 aromatic rings. The summed E-state index contributed by atoms with van der Waals surface area (Å²) in [6.07, 6.45) is 0.909. The third kappa shape index (κ3) is 4.37. The molecule has 0 atom stereocenters. The number of rotatable bonds is 3. The van der Waals surface area contributed by atoms with E-state index in [4.69, 9.17) is 5.73 Å². The first-order chi connectivity index (χ1) is 8.09.